The van der Waals surface area contributed by atoms with Crippen LogP contribution in [0, 0.1) is 40.4 Å². The first-order chi connectivity index (χ1) is 15.3. The Bertz CT molecular complexity index is 891. The molecule has 6 rings (SSSR count). The molecule has 0 aromatic rings. The van der Waals surface area contributed by atoms with Gasteiger partial charge in [-0.1, -0.05) is 25.0 Å². The number of hydrogen-bond acceptors (Lipinski definition) is 4. The minimum Gasteiger partial charge on any atom is -0.402 e. The van der Waals surface area contributed by atoms with Crippen LogP contribution in [-0.4, -0.2) is 35.5 Å². The van der Waals surface area contributed by atoms with Gasteiger partial charge in [-0.25, -0.2) is 0 Å². The Balaban J connectivity index is 1.29. The van der Waals surface area contributed by atoms with E-state index in [-0.39, 0.29) is 5.60 Å². The molecule has 0 bridgehead atoms. The second kappa shape index (κ2) is 7.18. The summed E-state index contributed by atoms with van der Waals surface area (Å²) in [7, 11) is 0. The summed E-state index contributed by atoms with van der Waals surface area (Å²) < 4.78 is 6.94. The van der Waals surface area contributed by atoms with Gasteiger partial charge in [-0.05, 0) is 112 Å². The Morgan fingerprint density at radius 3 is 2.72 bits per heavy atom. The molecule has 0 aromatic carbocycles. The van der Waals surface area contributed by atoms with Gasteiger partial charge < -0.3 is 15.9 Å². The minimum atomic E-state index is 0.0399. The van der Waals surface area contributed by atoms with Gasteiger partial charge in [-0.15, -0.1) is 0 Å². The number of hydrogen-bond donors (Lipinski definition) is 2. The number of rotatable bonds is 1. The van der Waals surface area contributed by atoms with E-state index >= 15 is 0 Å². The van der Waals surface area contributed by atoms with Gasteiger partial charge in [0.1, 0.15) is 6.23 Å². The number of nitrogens with two attached hydrogens (primary N) is 1. The molecule has 4 aliphatic carbocycles. The van der Waals surface area contributed by atoms with Crippen molar-refractivity contribution in [3.8, 4) is 0 Å². The summed E-state index contributed by atoms with van der Waals surface area (Å²) >= 11 is 0. The summed E-state index contributed by atoms with van der Waals surface area (Å²) in [6, 6.07) is 0.539. The van der Waals surface area contributed by atoms with Gasteiger partial charge in [-0.3, -0.25) is 4.90 Å². The number of nitrogens with zero attached hydrogens (tertiary/aromatic N) is 1. The Morgan fingerprint density at radius 1 is 1.16 bits per heavy atom. The molecule has 2 saturated heterocycles. The second-order valence-corrected chi connectivity index (χ2v) is 12.8. The van der Waals surface area contributed by atoms with E-state index in [2.05, 4.69) is 32.6 Å². The summed E-state index contributed by atoms with van der Waals surface area (Å²) in [5, 5.41) is 7.92. The highest BCUT2D eigenvalue weighted by Crippen LogP contribution is 2.65. The van der Waals surface area contributed by atoms with Crippen LogP contribution in [0.2, 0.25) is 0 Å². The zero-order valence-corrected chi connectivity index (χ0v) is 20.6. The van der Waals surface area contributed by atoms with E-state index in [1.54, 1.807) is 17.4 Å². The maximum atomic E-state index is 7.92. The van der Waals surface area contributed by atoms with Crippen molar-refractivity contribution in [1.29, 1.82) is 5.41 Å². The number of ether oxygens (including phenoxy) is 1. The van der Waals surface area contributed by atoms with Gasteiger partial charge in [-0.2, -0.15) is 0 Å². The molecule has 1 spiro atoms. The highest BCUT2D eigenvalue weighted by molar-refractivity contribution is 5.77. The molecule has 7 unspecified atom stereocenters. The van der Waals surface area contributed by atoms with Crippen LogP contribution in [0.15, 0.2) is 22.4 Å². The Morgan fingerprint density at radius 2 is 1.97 bits per heavy atom. The van der Waals surface area contributed by atoms with Crippen molar-refractivity contribution < 1.29 is 4.74 Å². The van der Waals surface area contributed by atoms with Crippen LogP contribution in [0.5, 0.6) is 0 Å². The maximum Gasteiger partial charge on any atom is 0.112 e. The molecule has 6 aliphatic rings. The lowest BCUT2D eigenvalue weighted by Crippen LogP contribution is -2.46. The van der Waals surface area contributed by atoms with Crippen LogP contribution in [0.4, 0.5) is 0 Å². The molecule has 0 amide bonds. The lowest BCUT2D eigenvalue weighted by Gasteiger charge is -2.52. The summed E-state index contributed by atoms with van der Waals surface area (Å²) in [4.78, 5) is 2.68. The van der Waals surface area contributed by atoms with E-state index in [9.17, 15) is 0 Å². The van der Waals surface area contributed by atoms with Crippen molar-refractivity contribution in [3.05, 3.63) is 22.4 Å². The molecule has 0 radical (unpaired) electrons. The lowest BCUT2D eigenvalue weighted by atomic mass is 9.52. The van der Waals surface area contributed by atoms with Crippen LogP contribution in [-0.2, 0) is 4.74 Å². The van der Waals surface area contributed by atoms with E-state index in [0.29, 0.717) is 23.6 Å². The van der Waals surface area contributed by atoms with Gasteiger partial charge in [0.15, 0.2) is 0 Å². The molecule has 4 nitrogen and oxygen atoms in total. The fourth-order valence-electron chi connectivity index (χ4n) is 9.52. The normalized spacial score (nSPS) is 50.8. The van der Waals surface area contributed by atoms with Crippen LogP contribution in [0.1, 0.15) is 85.5 Å². The van der Waals surface area contributed by atoms with E-state index < -0.39 is 0 Å². The molecule has 0 aromatic heterocycles. The second-order valence-electron chi connectivity index (χ2n) is 12.8. The van der Waals surface area contributed by atoms with Crippen molar-refractivity contribution in [2.75, 3.05) is 6.54 Å². The van der Waals surface area contributed by atoms with Crippen LogP contribution in [0.25, 0.3) is 0 Å². The highest BCUT2D eigenvalue weighted by Gasteiger charge is 2.59. The third-order valence-corrected chi connectivity index (χ3v) is 11.3. The molecule has 176 valence electrons. The average molecular weight is 438 g/mol. The first kappa shape index (κ1) is 21.4. The standard InChI is InChI=1S/C28H43N3O/c1-16-9-26-31(15-16)18(3)28(32-26)8-7-21-22-6-5-20-10-25(30)19(14-29)13-27(20,4)24(22)11-23(21)17(2)12-28/h14,16,18,20-22,24,26,29H,5-13,15,30H2,1-4H3/t16?,18-,20?,21?,22?,24?,26+,27?,28?/m0/s1. The van der Waals surface area contributed by atoms with E-state index in [1.165, 1.54) is 45.1 Å². The Labute approximate surface area is 194 Å². The summed E-state index contributed by atoms with van der Waals surface area (Å²) in [6.45, 7) is 11.0. The largest absolute Gasteiger partial charge is 0.402 e. The van der Waals surface area contributed by atoms with Crippen molar-refractivity contribution >= 4 is 6.21 Å². The van der Waals surface area contributed by atoms with Crippen LogP contribution < -0.4 is 5.73 Å². The highest BCUT2D eigenvalue weighted by atomic mass is 16.5. The number of allylic oxidation sites excluding steroid dienone is 3. The SMILES string of the molecule is CC1=C2CC3C(CCC4CC(N)=C(C=N)CC43C)C2CCC2(C1)O[C@@H]1CC(C)CN1[C@H]2C. The zero-order valence-electron chi connectivity index (χ0n) is 20.6. The molecule has 2 saturated carbocycles. The summed E-state index contributed by atoms with van der Waals surface area (Å²) in [6.07, 6.45) is 12.8. The van der Waals surface area contributed by atoms with Crippen LogP contribution >= 0.6 is 0 Å². The predicted molar refractivity (Wildman–Crippen MR) is 129 cm³/mol. The first-order valence-electron chi connectivity index (χ1n) is 13.4. The first-order valence-corrected chi connectivity index (χ1v) is 13.4. The zero-order chi connectivity index (χ0) is 22.4. The van der Waals surface area contributed by atoms with Gasteiger partial charge in [0.2, 0.25) is 0 Å². The topological polar surface area (TPSA) is 62.3 Å². The molecule has 2 aliphatic heterocycles. The van der Waals surface area contributed by atoms with Gasteiger partial charge in [0, 0.05) is 24.5 Å². The fourth-order valence-corrected chi connectivity index (χ4v) is 9.52. The minimum absolute atomic E-state index is 0.0399. The van der Waals surface area contributed by atoms with Crippen molar-refractivity contribution in [1.82, 2.24) is 4.90 Å². The third kappa shape index (κ3) is 2.84. The van der Waals surface area contributed by atoms with E-state index in [0.717, 1.165) is 54.2 Å². The molecule has 9 atom stereocenters. The molecule has 3 N–H and O–H groups in total. The van der Waals surface area contributed by atoms with Crippen molar-refractivity contribution in [2.45, 2.75) is 103 Å². The summed E-state index contributed by atoms with van der Waals surface area (Å²) in [5.74, 6) is 3.81. The van der Waals surface area contributed by atoms with Crippen molar-refractivity contribution in [3.63, 3.8) is 0 Å². The summed E-state index contributed by atoms with van der Waals surface area (Å²) in [5.41, 5.74) is 12.3. The quantitative estimate of drug-likeness (QED) is 0.412. The smallest absolute Gasteiger partial charge is 0.112 e. The fraction of sp³-hybridized carbons (Fsp3) is 0.821. The van der Waals surface area contributed by atoms with Crippen LogP contribution in [0.3, 0.4) is 0 Å². The molecule has 4 heteroatoms. The van der Waals surface area contributed by atoms with Gasteiger partial charge in [0.05, 0.1) is 5.60 Å². The molecule has 32 heavy (non-hydrogen) atoms. The third-order valence-electron chi connectivity index (χ3n) is 11.3. The molecular weight excluding hydrogens is 394 g/mol. The van der Waals surface area contributed by atoms with E-state index in [1.807, 2.05) is 0 Å². The molecule has 4 fully saturated rings. The van der Waals surface area contributed by atoms with Gasteiger partial charge >= 0.3 is 0 Å². The maximum absolute atomic E-state index is 7.92. The average Bonchev–Trinajstić information content (AvgIpc) is 3.35. The van der Waals surface area contributed by atoms with E-state index in [4.69, 9.17) is 15.9 Å². The Kier molecular flexibility index (Phi) is 4.81. The predicted octanol–water partition coefficient (Wildman–Crippen LogP) is 5.64. The molecular formula is C28H43N3O. The molecule has 2 heterocycles. The monoisotopic (exact) mass is 437 g/mol. The lowest BCUT2D eigenvalue weighted by molar-refractivity contribution is -0.0624. The van der Waals surface area contributed by atoms with Crippen molar-refractivity contribution in [2.24, 2.45) is 40.7 Å². The van der Waals surface area contributed by atoms with Gasteiger partial charge in [0.25, 0.3) is 0 Å². The Hall–Kier alpha value is -1.13. The number of fused-ring (bicyclic) bond motifs is 6. The number of nitrogens with one attached hydrogen (secondary N) is 1.